The summed E-state index contributed by atoms with van der Waals surface area (Å²) in [6.45, 7) is 3.00. The highest BCUT2D eigenvalue weighted by atomic mass is 16.2. The van der Waals surface area contributed by atoms with Crippen LogP contribution in [0.5, 0.6) is 0 Å². The fourth-order valence-electron chi connectivity index (χ4n) is 3.87. The van der Waals surface area contributed by atoms with E-state index in [2.05, 4.69) is 22.8 Å². The second-order valence-electron chi connectivity index (χ2n) is 8.29. The molecule has 0 aliphatic carbocycles. The third kappa shape index (κ3) is 10.4. The predicted octanol–water partition coefficient (Wildman–Crippen LogP) is 2.14. The zero-order chi connectivity index (χ0) is 22.3. The average molecular weight is 431 g/mol. The zero-order valence-corrected chi connectivity index (χ0v) is 18.6. The van der Waals surface area contributed by atoms with Crippen molar-refractivity contribution in [1.29, 1.82) is 0 Å². The number of carbonyl (C=O) groups excluding carboxylic acids is 3. The number of nitrogens with one attached hydrogen (secondary N) is 2. The van der Waals surface area contributed by atoms with Crippen molar-refractivity contribution < 1.29 is 14.4 Å². The minimum atomic E-state index is -0.379. The van der Waals surface area contributed by atoms with Crippen molar-refractivity contribution in [3.05, 3.63) is 35.9 Å². The van der Waals surface area contributed by atoms with Gasteiger partial charge in [-0.1, -0.05) is 36.8 Å². The molecule has 0 aromatic heterocycles. The molecule has 7 heteroatoms. The van der Waals surface area contributed by atoms with Crippen LogP contribution < -0.4 is 16.4 Å². The molecule has 1 saturated heterocycles. The molecule has 1 atom stereocenters. The number of rotatable bonds is 15. The smallest absolute Gasteiger partial charge is 0.239 e. The summed E-state index contributed by atoms with van der Waals surface area (Å²) < 4.78 is 0. The molecule has 0 radical (unpaired) electrons. The largest absolute Gasteiger partial charge is 0.370 e. The fraction of sp³-hybridized carbons (Fsp3) is 0.625. The maximum atomic E-state index is 12.6. The van der Waals surface area contributed by atoms with E-state index in [1.54, 1.807) is 0 Å². The first kappa shape index (κ1) is 24.9. The average Bonchev–Trinajstić information content (AvgIpc) is 3.31. The highest BCUT2D eigenvalue weighted by molar-refractivity contribution is 5.83. The quantitative estimate of drug-likeness (QED) is 0.371. The van der Waals surface area contributed by atoms with E-state index in [1.807, 2.05) is 23.1 Å². The summed E-state index contributed by atoms with van der Waals surface area (Å²) in [5, 5.41) is 6.28. The Bertz CT molecular complexity index is 675. The molecule has 1 heterocycles. The Morgan fingerprint density at radius 2 is 1.68 bits per heavy atom. The van der Waals surface area contributed by atoms with Gasteiger partial charge >= 0.3 is 0 Å². The Morgan fingerprint density at radius 3 is 2.39 bits per heavy atom. The molecule has 31 heavy (non-hydrogen) atoms. The Kier molecular flexibility index (Phi) is 11.7. The molecule has 0 saturated carbocycles. The van der Waals surface area contributed by atoms with Gasteiger partial charge in [-0.3, -0.25) is 14.4 Å². The second kappa shape index (κ2) is 14.6. The Balaban J connectivity index is 1.53. The lowest BCUT2D eigenvalue weighted by Gasteiger charge is -2.24. The molecule has 2 rings (SSSR count). The third-order valence-electron chi connectivity index (χ3n) is 5.67. The lowest BCUT2D eigenvalue weighted by molar-refractivity contribution is -0.132. The number of nitrogens with two attached hydrogens (primary N) is 1. The second-order valence-corrected chi connectivity index (χ2v) is 8.29. The first-order chi connectivity index (χ1) is 15.1. The van der Waals surface area contributed by atoms with Gasteiger partial charge < -0.3 is 21.3 Å². The first-order valence-corrected chi connectivity index (χ1v) is 11.7. The van der Waals surface area contributed by atoms with Gasteiger partial charge in [-0.2, -0.15) is 0 Å². The van der Waals surface area contributed by atoms with Crippen LogP contribution in [0.1, 0.15) is 63.4 Å². The van der Waals surface area contributed by atoms with Crippen molar-refractivity contribution in [2.45, 2.75) is 70.3 Å². The van der Waals surface area contributed by atoms with Crippen molar-refractivity contribution in [1.82, 2.24) is 15.5 Å². The van der Waals surface area contributed by atoms with E-state index in [4.69, 9.17) is 5.73 Å². The number of hydrogen-bond donors (Lipinski definition) is 3. The molecule has 1 aliphatic heterocycles. The van der Waals surface area contributed by atoms with Crippen LogP contribution in [0.15, 0.2) is 30.3 Å². The first-order valence-electron chi connectivity index (χ1n) is 11.7. The van der Waals surface area contributed by atoms with Crippen LogP contribution in [0, 0.1) is 0 Å². The minimum Gasteiger partial charge on any atom is -0.370 e. The minimum absolute atomic E-state index is 0.0774. The van der Waals surface area contributed by atoms with E-state index in [-0.39, 0.29) is 30.2 Å². The fourth-order valence-corrected chi connectivity index (χ4v) is 3.87. The van der Waals surface area contributed by atoms with Crippen molar-refractivity contribution in [2.24, 2.45) is 5.73 Å². The van der Waals surface area contributed by atoms with Gasteiger partial charge in [0.15, 0.2) is 0 Å². The summed E-state index contributed by atoms with van der Waals surface area (Å²) in [5.74, 6) is -0.200. The lowest BCUT2D eigenvalue weighted by atomic mass is 10.1. The number of amides is 3. The summed E-state index contributed by atoms with van der Waals surface area (Å²) in [5.41, 5.74) is 6.55. The molecule has 0 spiro atoms. The Hall–Kier alpha value is -2.41. The van der Waals surface area contributed by atoms with E-state index in [1.165, 1.54) is 5.56 Å². The molecule has 0 bridgehead atoms. The topological polar surface area (TPSA) is 105 Å². The molecule has 7 nitrogen and oxygen atoms in total. The van der Waals surface area contributed by atoms with E-state index in [9.17, 15) is 14.4 Å². The number of hydrogen-bond acceptors (Lipinski definition) is 4. The van der Waals surface area contributed by atoms with Gasteiger partial charge in [-0.05, 0) is 57.1 Å². The molecule has 172 valence electrons. The van der Waals surface area contributed by atoms with Crippen LogP contribution in [0.4, 0.5) is 0 Å². The lowest BCUT2D eigenvalue weighted by Crippen LogP contribution is -2.46. The molecular formula is C24H38N4O3. The molecule has 3 amide bonds. The Labute approximate surface area is 186 Å². The van der Waals surface area contributed by atoms with Crippen molar-refractivity contribution in [2.75, 3.05) is 26.2 Å². The molecule has 4 N–H and O–H groups in total. The summed E-state index contributed by atoms with van der Waals surface area (Å²) in [6.07, 6.45) is 7.83. The highest BCUT2D eigenvalue weighted by Gasteiger charge is 2.26. The van der Waals surface area contributed by atoms with Crippen molar-refractivity contribution in [3.63, 3.8) is 0 Å². The van der Waals surface area contributed by atoms with Crippen LogP contribution in [0.2, 0.25) is 0 Å². The molecule has 1 fully saturated rings. The third-order valence-corrected chi connectivity index (χ3v) is 5.67. The van der Waals surface area contributed by atoms with Crippen molar-refractivity contribution in [3.8, 4) is 0 Å². The van der Waals surface area contributed by atoms with Crippen LogP contribution >= 0.6 is 0 Å². The molecule has 1 aromatic rings. The van der Waals surface area contributed by atoms with Crippen LogP contribution in [0.25, 0.3) is 0 Å². The number of primary amides is 1. The maximum Gasteiger partial charge on any atom is 0.239 e. The normalized spacial score (nSPS) is 14.4. The van der Waals surface area contributed by atoms with Gasteiger partial charge in [-0.25, -0.2) is 0 Å². The number of carbonyl (C=O) groups is 3. The van der Waals surface area contributed by atoms with E-state index in [0.29, 0.717) is 25.9 Å². The SMILES string of the molecule is NC(=O)CCC(NCCCCCC(=O)NCCCc1ccccc1)C(=O)N1CCCC1. The van der Waals surface area contributed by atoms with Gasteiger partial charge in [0.25, 0.3) is 0 Å². The molecule has 1 aliphatic rings. The van der Waals surface area contributed by atoms with Crippen LogP contribution in [-0.2, 0) is 20.8 Å². The Morgan fingerprint density at radius 1 is 0.935 bits per heavy atom. The number of unbranched alkanes of at least 4 members (excludes halogenated alkanes) is 2. The van der Waals surface area contributed by atoms with E-state index < -0.39 is 0 Å². The van der Waals surface area contributed by atoms with Crippen molar-refractivity contribution >= 4 is 17.7 Å². The number of aryl methyl sites for hydroxylation is 1. The molecule has 1 aromatic carbocycles. The summed E-state index contributed by atoms with van der Waals surface area (Å²) in [7, 11) is 0. The predicted molar refractivity (Wildman–Crippen MR) is 122 cm³/mol. The molecular weight excluding hydrogens is 392 g/mol. The van der Waals surface area contributed by atoms with Gasteiger partial charge in [0.1, 0.15) is 0 Å². The monoisotopic (exact) mass is 430 g/mol. The highest BCUT2D eigenvalue weighted by Crippen LogP contribution is 2.12. The summed E-state index contributed by atoms with van der Waals surface area (Å²) in [6, 6.07) is 9.93. The van der Waals surface area contributed by atoms with Gasteiger partial charge in [0.05, 0.1) is 6.04 Å². The van der Waals surface area contributed by atoms with E-state index >= 15 is 0 Å². The molecule has 1 unspecified atom stereocenters. The van der Waals surface area contributed by atoms with Gasteiger partial charge in [0, 0.05) is 32.5 Å². The van der Waals surface area contributed by atoms with E-state index in [0.717, 1.165) is 58.0 Å². The van der Waals surface area contributed by atoms with Crippen LogP contribution in [-0.4, -0.2) is 54.8 Å². The number of likely N-dealkylation sites (tertiary alicyclic amines) is 1. The van der Waals surface area contributed by atoms with Gasteiger partial charge in [0.2, 0.25) is 17.7 Å². The summed E-state index contributed by atoms with van der Waals surface area (Å²) >= 11 is 0. The summed E-state index contributed by atoms with van der Waals surface area (Å²) in [4.78, 5) is 37.6. The number of nitrogens with zero attached hydrogens (tertiary/aromatic N) is 1. The maximum absolute atomic E-state index is 12.6. The number of benzene rings is 1. The van der Waals surface area contributed by atoms with Crippen LogP contribution in [0.3, 0.4) is 0 Å². The standard InChI is InChI=1S/C24H38N4O3/c25-22(29)15-14-21(24(31)28-18-7-8-19-28)26-16-6-2-5-13-23(30)27-17-9-12-20-10-3-1-4-11-20/h1,3-4,10-11,21,26H,2,5-9,12-19H2,(H2,25,29)(H,27,30). The zero-order valence-electron chi connectivity index (χ0n) is 18.6. The van der Waals surface area contributed by atoms with Gasteiger partial charge in [-0.15, -0.1) is 0 Å².